The Balaban J connectivity index is 1.45. The molecule has 182 valence electrons. The van der Waals surface area contributed by atoms with Crippen LogP contribution in [0, 0.1) is 0 Å². The Kier molecular flexibility index (Phi) is 7.17. The van der Waals surface area contributed by atoms with Crippen molar-refractivity contribution < 1.29 is 17.9 Å². The molecular weight excluding hydrogens is 486 g/mol. The molecule has 2 N–H and O–H groups in total. The predicted octanol–water partition coefficient (Wildman–Crippen LogP) is 5.29. The van der Waals surface area contributed by atoms with Crippen molar-refractivity contribution in [3.8, 4) is 23.1 Å². The average Bonchev–Trinajstić information content (AvgIpc) is 3.32. The van der Waals surface area contributed by atoms with E-state index in [1.165, 1.54) is 49.3 Å². The van der Waals surface area contributed by atoms with Crippen molar-refractivity contribution in [1.82, 2.24) is 15.0 Å². The molecule has 0 fully saturated rings. The lowest BCUT2D eigenvalue weighted by Crippen LogP contribution is -2.14. The van der Waals surface area contributed by atoms with Gasteiger partial charge in [0, 0.05) is 22.7 Å². The Morgan fingerprint density at radius 2 is 1.63 bits per heavy atom. The fraction of sp³-hybridized carbons (Fsp3) is 0.208. The van der Waals surface area contributed by atoms with Crippen molar-refractivity contribution >= 4 is 38.0 Å². The molecule has 35 heavy (non-hydrogen) atoms. The number of thiazole rings is 1. The van der Waals surface area contributed by atoms with Crippen LogP contribution in [0.1, 0.15) is 25.3 Å². The smallest absolute Gasteiger partial charge is 0.321 e. The molecule has 0 aliphatic carbocycles. The van der Waals surface area contributed by atoms with Crippen LogP contribution in [-0.2, 0) is 10.0 Å². The summed E-state index contributed by atoms with van der Waals surface area (Å²) in [5, 5.41) is 5.92. The van der Waals surface area contributed by atoms with Gasteiger partial charge in [-0.3, -0.25) is 4.72 Å². The second-order valence-electron chi connectivity index (χ2n) is 7.85. The van der Waals surface area contributed by atoms with Gasteiger partial charge in [-0.15, -0.1) is 11.3 Å². The zero-order valence-electron chi connectivity index (χ0n) is 19.6. The van der Waals surface area contributed by atoms with Crippen LogP contribution in [-0.4, -0.2) is 37.6 Å². The van der Waals surface area contributed by atoms with Gasteiger partial charge < -0.3 is 14.8 Å². The number of hydrogen-bond acceptors (Lipinski definition) is 9. The molecule has 2 heterocycles. The third-order valence-electron chi connectivity index (χ3n) is 5.11. The Hall–Kier alpha value is -3.70. The third-order valence-corrected chi connectivity index (χ3v) is 7.23. The minimum atomic E-state index is -3.89. The molecule has 0 bridgehead atoms. The molecule has 9 nitrogen and oxygen atoms in total. The molecule has 11 heteroatoms. The lowest BCUT2D eigenvalue weighted by molar-refractivity contribution is 0.353. The predicted molar refractivity (Wildman–Crippen MR) is 137 cm³/mol. The van der Waals surface area contributed by atoms with Crippen LogP contribution in [0.2, 0.25) is 0 Å². The third kappa shape index (κ3) is 5.87. The minimum Gasteiger partial charge on any atom is -0.481 e. The Morgan fingerprint density at radius 3 is 2.26 bits per heavy atom. The van der Waals surface area contributed by atoms with E-state index in [4.69, 9.17) is 9.47 Å². The first-order valence-electron chi connectivity index (χ1n) is 10.7. The SMILES string of the molecule is COc1cc(NS(=O)(=O)c2ccc(Nc3nc(-c4ccc(C(C)C)cc4)cs3)cc2)nc(OC)n1. The van der Waals surface area contributed by atoms with E-state index in [0.29, 0.717) is 16.7 Å². The normalized spacial score (nSPS) is 11.3. The van der Waals surface area contributed by atoms with Crippen LogP contribution in [0.3, 0.4) is 0 Å². The number of rotatable bonds is 9. The van der Waals surface area contributed by atoms with E-state index in [1.807, 2.05) is 5.38 Å². The molecule has 0 radical (unpaired) electrons. The fourth-order valence-corrected chi connectivity index (χ4v) is 4.92. The van der Waals surface area contributed by atoms with Gasteiger partial charge in [0.05, 0.1) is 24.8 Å². The van der Waals surface area contributed by atoms with Crippen LogP contribution in [0.15, 0.2) is 64.9 Å². The van der Waals surface area contributed by atoms with Gasteiger partial charge in [0.25, 0.3) is 10.0 Å². The number of benzene rings is 2. The maximum absolute atomic E-state index is 12.8. The van der Waals surface area contributed by atoms with E-state index in [0.717, 1.165) is 11.3 Å². The van der Waals surface area contributed by atoms with Gasteiger partial charge in [-0.25, -0.2) is 13.4 Å². The number of nitrogens with zero attached hydrogens (tertiary/aromatic N) is 3. The van der Waals surface area contributed by atoms with Crippen molar-refractivity contribution in [3.63, 3.8) is 0 Å². The first-order chi connectivity index (χ1) is 16.8. The van der Waals surface area contributed by atoms with Crippen molar-refractivity contribution in [2.75, 3.05) is 24.3 Å². The first-order valence-corrected chi connectivity index (χ1v) is 13.1. The van der Waals surface area contributed by atoms with E-state index in [2.05, 4.69) is 63.1 Å². The molecule has 0 aliphatic heterocycles. The largest absolute Gasteiger partial charge is 0.481 e. The Labute approximate surface area is 208 Å². The molecule has 0 spiro atoms. The second-order valence-corrected chi connectivity index (χ2v) is 10.4. The number of hydrogen-bond donors (Lipinski definition) is 2. The molecule has 0 atom stereocenters. The number of aromatic nitrogens is 3. The summed E-state index contributed by atoms with van der Waals surface area (Å²) < 4.78 is 38.1. The highest BCUT2D eigenvalue weighted by molar-refractivity contribution is 7.92. The molecule has 4 aromatic rings. The number of methoxy groups -OCH3 is 2. The summed E-state index contributed by atoms with van der Waals surface area (Å²) in [5.41, 5.74) is 3.92. The number of anilines is 3. The summed E-state index contributed by atoms with van der Waals surface area (Å²) in [6, 6.07) is 16.1. The molecule has 2 aromatic carbocycles. The number of ether oxygens (including phenoxy) is 2. The van der Waals surface area contributed by atoms with Gasteiger partial charge in [-0.1, -0.05) is 38.1 Å². The standard InChI is InChI=1S/C24H25N5O4S2/c1-15(2)16-5-7-17(8-6-16)20-14-34-24(26-20)25-18-9-11-19(12-10-18)35(30,31)29-21-13-22(32-3)28-23(27-21)33-4/h5-15H,1-4H3,(H,25,26)(H,27,28,29). The monoisotopic (exact) mass is 511 g/mol. The molecule has 2 aromatic heterocycles. The summed E-state index contributed by atoms with van der Waals surface area (Å²) in [5.74, 6) is 0.686. The van der Waals surface area contributed by atoms with E-state index < -0.39 is 10.0 Å². The van der Waals surface area contributed by atoms with Gasteiger partial charge in [-0.05, 0) is 35.7 Å². The Bertz CT molecular complexity index is 1380. The quantitative estimate of drug-likeness (QED) is 0.312. The van der Waals surface area contributed by atoms with E-state index >= 15 is 0 Å². The zero-order valence-corrected chi connectivity index (χ0v) is 21.3. The summed E-state index contributed by atoms with van der Waals surface area (Å²) in [7, 11) is -1.09. The van der Waals surface area contributed by atoms with Crippen LogP contribution >= 0.6 is 11.3 Å². The second kappa shape index (κ2) is 10.3. The summed E-state index contributed by atoms with van der Waals surface area (Å²) in [6.45, 7) is 4.33. The van der Waals surface area contributed by atoms with Crippen molar-refractivity contribution in [2.45, 2.75) is 24.7 Å². The summed E-state index contributed by atoms with van der Waals surface area (Å²) in [4.78, 5) is 12.7. The maximum atomic E-state index is 12.8. The summed E-state index contributed by atoms with van der Waals surface area (Å²) >= 11 is 1.48. The molecular formula is C24H25N5O4S2. The van der Waals surface area contributed by atoms with Crippen molar-refractivity contribution in [1.29, 1.82) is 0 Å². The summed E-state index contributed by atoms with van der Waals surface area (Å²) in [6.07, 6.45) is 0. The van der Waals surface area contributed by atoms with Crippen LogP contribution in [0.5, 0.6) is 11.9 Å². The van der Waals surface area contributed by atoms with Gasteiger partial charge in [0.2, 0.25) is 5.88 Å². The molecule has 0 aliphatic rings. The highest BCUT2D eigenvalue weighted by Crippen LogP contribution is 2.29. The van der Waals surface area contributed by atoms with Gasteiger partial charge >= 0.3 is 6.01 Å². The first kappa shape index (κ1) is 24.4. The Morgan fingerprint density at radius 1 is 0.914 bits per heavy atom. The lowest BCUT2D eigenvalue weighted by atomic mass is 10.0. The van der Waals surface area contributed by atoms with E-state index in [9.17, 15) is 8.42 Å². The molecule has 0 saturated carbocycles. The lowest BCUT2D eigenvalue weighted by Gasteiger charge is -2.10. The average molecular weight is 512 g/mol. The number of sulfonamides is 1. The van der Waals surface area contributed by atoms with Crippen LogP contribution < -0.4 is 19.5 Å². The highest BCUT2D eigenvalue weighted by atomic mass is 32.2. The fourth-order valence-electron chi connectivity index (χ4n) is 3.19. The van der Waals surface area contributed by atoms with E-state index in [1.54, 1.807) is 12.1 Å². The molecule has 0 unspecified atom stereocenters. The van der Waals surface area contributed by atoms with Crippen molar-refractivity contribution in [2.24, 2.45) is 0 Å². The molecule has 0 amide bonds. The zero-order chi connectivity index (χ0) is 25.0. The topological polar surface area (TPSA) is 115 Å². The van der Waals surface area contributed by atoms with Gasteiger partial charge in [-0.2, -0.15) is 9.97 Å². The van der Waals surface area contributed by atoms with Gasteiger partial charge in [0.15, 0.2) is 10.9 Å². The van der Waals surface area contributed by atoms with E-state index in [-0.39, 0.29) is 22.6 Å². The highest BCUT2D eigenvalue weighted by Gasteiger charge is 2.17. The van der Waals surface area contributed by atoms with Gasteiger partial charge in [0.1, 0.15) is 0 Å². The number of nitrogens with one attached hydrogen (secondary N) is 2. The molecule has 0 saturated heterocycles. The molecule has 4 rings (SSSR count). The minimum absolute atomic E-state index is 0.0136. The van der Waals surface area contributed by atoms with Crippen molar-refractivity contribution in [3.05, 3.63) is 65.5 Å². The van der Waals surface area contributed by atoms with Crippen LogP contribution in [0.25, 0.3) is 11.3 Å². The maximum Gasteiger partial charge on any atom is 0.321 e. The van der Waals surface area contributed by atoms with Crippen LogP contribution in [0.4, 0.5) is 16.6 Å².